The number of hydrogen-bond donors (Lipinski definition) is 0. The minimum Gasteiger partial charge on any atom is -0.295 e. The Morgan fingerprint density at radius 3 is 2.11 bits per heavy atom. The van der Waals surface area contributed by atoms with Crippen LogP contribution in [-0.4, -0.2) is 10.7 Å². The van der Waals surface area contributed by atoms with E-state index in [-0.39, 0.29) is 11.4 Å². The normalized spacial score (nSPS) is 11.1. The fourth-order valence-corrected chi connectivity index (χ4v) is 0.249. The molecular weight excluding hydrogens is 122 g/mol. The first kappa shape index (κ1) is 7.81. The Morgan fingerprint density at radius 1 is 1.56 bits per heavy atom. The van der Waals surface area contributed by atoms with Crippen molar-refractivity contribution in [2.24, 2.45) is 0 Å². The first-order valence-electron chi connectivity index (χ1n) is 2.37. The molecule has 0 aromatic heterocycles. The molecule has 0 N–H and O–H groups in total. The van der Waals surface area contributed by atoms with Crippen molar-refractivity contribution >= 4 is 5.78 Å². The summed E-state index contributed by atoms with van der Waals surface area (Å²) in [7, 11) is 0. The fraction of sp³-hybridized carbons (Fsp3) is 0.400. The van der Waals surface area contributed by atoms with Gasteiger partial charge in [-0.05, 0) is 13.8 Å². The molecule has 0 aliphatic rings. The molecule has 0 radical (unpaired) electrons. The Hall–Kier alpha value is -1.19. The van der Waals surface area contributed by atoms with Crippen LogP contribution in [0, 0.1) is 10.1 Å². The van der Waals surface area contributed by atoms with Crippen LogP contribution in [0.1, 0.15) is 13.8 Å². The van der Waals surface area contributed by atoms with E-state index >= 15 is 0 Å². The van der Waals surface area contributed by atoms with E-state index in [9.17, 15) is 14.9 Å². The number of carbonyl (C=O) groups excluding carboxylic acids is 1. The average Bonchev–Trinajstić information content (AvgIpc) is 1.63. The zero-order chi connectivity index (χ0) is 7.44. The van der Waals surface area contributed by atoms with E-state index in [2.05, 4.69) is 0 Å². The van der Waals surface area contributed by atoms with E-state index in [4.69, 9.17) is 0 Å². The smallest absolute Gasteiger partial charge is 0.240 e. The molecule has 0 unspecified atom stereocenters. The monoisotopic (exact) mass is 129 g/mol. The summed E-state index contributed by atoms with van der Waals surface area (Å²) in [6, 6.07) is 0. The molecule has 4 nitrogen and oxygen atoms in total. The highest BCUT2D eigenvalue weighted by Crippen LogP contribution is 1.92. The molecule has 0 heterocycles. The first-order chi connectivity index (χ1) is 4.04. The second-order valence-corrected chi connectivity index (χ2v) is 1.65. The summed E-state index contributed by atoms with van der Waals surface area (Å²) in [6.07, 6.45) is 0.697. The molecule has 0 saturated carbocycles. The lowest BCUT2D eigenvalue weighted by atomic mass is 10.2. The molecule has 0 aliphatic heterocycles. The number of ketones is 1. The molecule has 0 amide bonds. The average molecular weight is 129 g/mol. The van der Waals surface area contributed by atoms with Gasteiger partial charge in [-0.25, -0.2) is 0 Å². The van der Waals surface area contributed by atoms with Crippen LogP contribution in [-0.2, 0) is 4.79 Å². The number of hydrogen-bond acceptors (Lipinski definition) is 3. The number of carbonyl (C=O) groups is 1. The van der Waals surface area contributed by atoms with Crippen LogP contribution < -0.4 is 0 Å². The predicted octanol–water partition coefficient (Wildman–Crippen LogP) is 0.756. The summed E-state index contributed by atoms with van der Waals surface area (Å²) < 4.78 is 0. The summed E-state index contributed by atoms with van der Waals surface area (Å²) in [4.78, 5) is 19.4. The topological polar surface area (TPSA) is 60.2 Å². The van der Waals surface area contributed by atoms with Crippen LogP contribution in [0.3, 0.4) is 0 Å². The van der Waals surface area contributed by atoms with Crippen molar-refractivity contribution in [1.82, 2.24) is 0 Å². The van der Waals surface area contributed by atoms with E-state index in [1.165, 1.54) is 13.8 Å². The fourth-order valence-electron chi connectivity index (χ4n) is 0.249. The van der Waals surface area contributed by atoms with Gasteiger partial charge in [0.15, 0.2) is 5.78 Å². The van der Waals surface area contributed by atoms with Crippen LogP contribution in [0.2, 0.25) is 0 Å². The summed E-state index contributed by atoms with van der Waals surface area (Å²) in [5.74, 6) is -0.272. The van der Waals surface area contributed by atoms with Crippen LogP contribution in [0.25, 0.3) is 0 Å². The van der Waals surface area contributed by atoms with Gasteiger partial charge < -0.3 is 0 Å². The minimum atomic E-state index is -0.642. The largest absolute Gasteiger partial charge is 0.295 e. The van der Waals surface area contributed by atoms with Crippen molar-refractivity contribution in [2.45, 2.75) is 13.8 Å². The van der Waals surface area contributed by atoms with E-state index < -0.39 is 4.92 Å². The maximum absolute atomic E-state index is 10.3. The third kappa shape index (κ3) is 3.40. The van der Waals surface area contributed by atoms with Gasteiger partial charge in [0, 0.05) is 0 Å². The van der Waals surface area contributed by atoms with Gasteiger partial charge in [-0.15, -0.1) is 0 Å². The highest BCUT2D eigenvalue weighted by molar-refractivity contribution is 5.92. The molecule has 0 saturated heterocycles. The lowest BCUT2D eigenvalue weighted by Gasteiger charge is -1.84. The summed E-state index contributed by atoms with van der Waals surface area (Å²) in [5.41, 5.74) is 0.167. The second-order valence-electron chi connectivity index (χ2n) is 1.65. The number of Topliss-reactive ketones (excluding diaryl/α,β-unsaturated/α-hetero) is 1. The SMILES string of the molecule is CC(=O)/C(C)=C\[N+](=O)[O-]. The highest BCUT2D eigenvalue weighted by Gasteiger charge is 1.99. The molecule has 0 aliphatic carbocycles. The third-order valence-electron chi connectivity index (χ3n) is 0.854. The van der Waals surface area contributed by atoms with Crippen molar-refractivity contribution in [2.75, 3.05) is 0 Å². The second kappa shape index (κ2) is 2.96. The molecule has 0 spiro atoms. The van der Waals surface area contributed by atoms with Crippen molar-refractivity contribution in [3.8, 4) is 0 Å². The number of nitro groups is 1. The Morgan fingerprint density at radius 2 is 2.00 bits per heavy atom. The summed E-state index contributed by atoms with van der Waals surface area (Å²) in [5, 5.41) is 9.69. The molecule has 50 valence electrons. The van der Waals surface area contributed by atoms with E-state index in [0.29, 0.717) is 6.20 Å². The maximum atomic E-state index is 10.3. The van der Waals surface area contributed by atoms with Gasteiger partial charge in [-0.3, -0.25) is 14.9 Å². The maximum Gasteiger partial charge on any atom is 0.240 e. The predicted molar refractivity (Wildman–Crippen MR) is 31.4 cm³/mol. The Kier molecular flexibility index (Phi) is 2.57. The van der Waals surface area contributed by atoms with E-state index in [0.717, 1.165) is 0 Å². The van der Waals surface area contributed by atoms with Crippen molar-refractivity contribution in [3.63, 3.8) is 0 Å². The van der Waals surface area contributed by atoms with Gasteiger partial charge in [0.05, 0.1) is 10.5 Å². The molecule has 0 fully saturated rings. The number of nitrogens with zero attached hydrogens (tertiary/aromatic N) is 1. The molecule has 0 atom stereocenters. The van der Waals surface area contributed by atoms with Gasteiger partial charge in [0.2, 0.25) is 6.20 Å². The van der Waals surface area contributed by atoms with E-state index in [1.54, 1.807) is 0 Å². The molecule has 9 heavy (non-hydrogen) atoms. The zero-order valence-corrected chi connectivity index (χ0v) is 5.25. The van der Waals surface area contributed by atoms with Crippen LogP contribution >= 0.6 is 0 Å². The number of rotatable bonds is 2. The Labute approximate surface area is 52.3 Å². The highest BCUT2D eigenvalue weighted by atomic mass is 16.6. The van der Waals surface area contributed by atoms with Gasteiger partial charge in [-0.2, -0.15) is 0 Å². The van der Waals surface area contributed by atoms with Crippen molar-refractivity contribution in [1.29, 1.82) is 0 Å². The minimum absolute atomic E-state index is 0.167. The Balaban J connectivity index is 4.17. The number of allylic oxidation sites excluding steroid dienone is 1. The summed E-state index contributed by atoms with van der Waals surface area (Å²) in [6.45, 7) is 2.69. The van der Waals surface area contributed by atoms with Crippen molar-refractivity contribution in [3.05, 3.63) is 21.9 Å². The molecular formula is C5H7NO3. The first-order valence-corrected chi connectivity index (χ1v) is 2.37. The lowest BCUT2D eigenvalue weighted by Crippen LogP contribution is -1.95. The standard InChI is InChI=1S/C5H7NO3/c1-4(5(2)7)3-6(8)9/h3H,1-2H3/b4-3-. The molecule has 4 heteroatoms. The zero-order valence-electron chi connectivity index (χ0n) is 5.25. The van der Waals surface area contributed by atoms with Crippen LogP contribution in [0.4, 0.5) is 0 Å². The van der Waals surface area contributed by atoms with Crippen molar-refractivity contribution < 1.29 is 9.72 Å². The van der Waals surface area contributed by atoms with Crippen LogP contribution in [0.15, 0.2) is 11.8 Å². The van der Waals surface area contributed by atoms with Gasteiger partial charge >= 0.3 is 0 Å². The van der Waals surface area contributed by atoms with E-state index in [1.807, 2.05) is 0 Å². The molecule has 0 bridgehead atoms. The lowest BCUT2D eigenvalue weighted by molar-refractivity contribution is -0.403. The van der Waals surface area contributed by atoms with Gasteiger partial charge in [-0.1, -0.05) is 0 Å². The summed E-state index contributed by atoms with van der Waals surface area (Å²) >= 11 is 0. The van der Waals surface area contributed by atoms with Crippen LogP contribution in [0.5, 0.6) is 0 Å². The quantitative estimate of drug-likeness (QED) is 0.314. The molecule has 0 rings (SSSR count). The van der Waals surface area contributed by atoms with Gasteiger partial charge in [0.25, 0.3) is 0 Å². The molecule has 0 aromatic rings. The Bertz CT molecular complexity index is 171. The third-order valence-corrected chi connectivity index (χ3v) is 0.854. The molecule has 0 aromatic carbocycles. The van der Waals surface area contributed by atoms with Gasteiger partial charge in [0.1, 0.15) is 0 Å².